The maximum Gasteiger partial charge on any atom is 0.125 e. The van der Waals surface area contributed by atoms with Crippen molar-refractivity contribution in [3.63, 3.8) is 0 Å². The Hall–Kier alpha value is -1.02. The lowest BCUT2D eigenvalue weighted by molar-refractivity contribution is 0.210. The Morgan fingerprint density at radius 3 is 2.93 bits per heavy atom. The molecule has 0 unspecified atom stereocenters. The van der Waals surface area contributed by atoms with E-state index in [1.807, 2.05) is 0 Å². The molecule has 3 rings (SSSR count). The van der Waals surface area contributed by atoms with E-state index in [0.717, 1.165) is 38.0 Å². The van der Waals surface area contributed by atoms with E-state index >= 15 is 0 Å². The summed E-state index contributed by atoms with van der Waals surface area (Å²) in [6, 6.07) is 6.39. The highest BCUT2D eigenvalue weighted by Crippen LogP contribution is 2.49. The van der Waals surface area contributed by atoms with Gasteiger partial charge >= 0.3 is 0 Å². The molecule has 0 spiro atoms. The first-order chi connectivity index (χ1) is 7.33. The fourth-order valence-corrected chi connectivity index (χ4v) is 2.39. The third-order valence-corrected chi connectivity index (χ3v) is 3.65. The van der Waals surface area contributed by atoms with Crippen LogP contribution in [0.15, 0.2) is 18.2 Å². The summed E-state index contributed by atoms with van der Waals surface area (Å²) in [5, 5.41) is 9.33. The van der Waals surface area contributed by atoms with Crippen molar-refractivity contribution in [2.24, 2.45) is 5.41 Å². The van der Waals surface area contributed by atoms with Crippen molar-refractivity contribution in [3.05, 3.63) is 29.3 Å². The number of benzene rings is 1. The lowest BCUT2D eigenvalue weighted by Gasteiger charge is -2.14. The number of aliphatic hydroxyl groups is 1. The number of para-hydroxylation sites is 1. The molecule has 2 heteroatoms. The molecule has 1 fully saturated rings. The van der Waals surface area contributed by atoms with E-state index in [0.29, 0.717) is 6.61 Å². The van der Waals surface area contributed by atoms with Gasteiger partial charge in [-0.2, -0.15) is 0 Å². The first kappa shape index (κ1) is 9.22. The van der Waals surface area contributed by atoms with E-state index < -0.39 is 0 Å². The molecule has 80 valence electrons. The normalized spacial score (nSPS) is 20.9. The fourth-order valence-electron chi connectivity index (χ4n) is 2.39. The largest absolute Gasteiger partial charge is 0.493 e. The summed E-state index contributed by atoms with van der Waals surface area (Å²) in [7, 11) is 0. The minimum Gasteiger partial charge on any atom is -0.493 e. The summed E-state index contributed by atoms with van der Waals surface area (Å²) in [4.78, 5) is 0. The molecule has 0 bridgehead atoms. The molecule has 0 aromatic heterocycles. The monoisotopic (exact) mass is 204 g/mol. The van der Waals surface area contributed by atoms with Crippen LogP contribution < -0.4 is 4.74 Å². The molecule has 1 aliphatic carbocycles. The van der Waals surface area contributed by atoms with E-state index in [2.05, 4.69) is 18.2 Å². The van der Waals surface area contributed by atoms with Gasteiger partial charge in [0.2, 0.25) is 0 Å². The zero-order valence-corrected chi connectivity index (χ0v) is 8.83. The van der Waals surface area contributed by atoms with Crippen LogP contribution in [0.3, 0.4) is 0 Å². The molecule has 1 aliphatic heterocycles. The van der Waals surface area contributed by atoms with Gasteiger partial charge in [-0.15, -0.1) is 0 Å². The van der Waals surface area contributed by atoms with Gasteiger partial charge in [-0.25, -0.2) is 0 Å². The number of hydrogen-bond acceptors (Lipinski definition) is 2. The van der Waals surface area contributed by atoms with Crippen molar-refractivity contribution in [2.75, 3.05) is 13.2 Å². The van der Waals surface area contributed by atoms with Crippen LogP contribution in [0.5, 0.6) is 5.75 Å². The van der Waals surface area contributed by atoms with Crippen molar-refractivity contribution in [1.29, 1.82) is 0 Å². The molecule has 1 aromatic carbocycles. The zero-order valence-electron chi connectivity index (χ0n) is 8.83. The van der Waals surface area contributed by atoms with Crippen molar-refractivity contribution >= 4 is 0 Å². The van der Waals surface area contributed by atoms with Gasteiger partial charge in [-0.3, -0.25) is 0 Å². The molecular formula is C13H16O2. The predicted molar refractivity (Wildman–Crippen MR) is 58.1 cm³/mol. The summed E-state index contributed by atoms with van der Waals surface area (Å²) in [5.74, 6) is 1.09. The van der Waals surface area contributed by atoms with Crippen LogP contribution in [0.25, 0.3) is 0 Å². The molecule has 1 aromatic rings. The molecule has 0 atom stereocenters. The number of hydrogen-bond donors (Lipinski definition) is 1. The molecule has 2 nitrogen and oxygen atoms in total. The Kier molecular flexibility index (Phi) is 1.99. The third kappa shape index (κ3) is 1.53. The Bertz CT molecular complexity index is 380. The van der Waals surface area contributed by atoms with Crippen LogP contribution in [0.2, 0.25) is 0 Å². The van der Waals surface area contributed by atoms with E-state index in [-0.39, 0.29) is 5.41 Å². The van der Waals surface area contributed by atoms with Crippen LogP contribution >= 0.6 is 0 Å². The Morgan fingerprint density at radius 2 is 2.20 bits per heavy atom. The minimum absolute atomic E-state index is 0.182. The van der Waals surface area contributed by atoms with Crippen molar-refractivity contribution in [3.8, 4) is 5.75 Å². The Labute approximate surface area is 89.9 Å². The second-order valence-corrected chi connectivity index (χ2v) is 4.84. The van der Waals surface area contributed by atoms with Gasteiger partial charge in [0.1, 0.15) is 5.75 Å². The van der Waals surface area contributed by atoms with Gasteiger partial charge in [-0.1, -0.05) is 18.2 Å². The van der Waals surface area contributed by atoms with E-state index in [1.54, 1.807) is 0 Å². The molecule has 0 radical (unpaired) electrons. The molecule has 1 N–H and O–H groups in total. The molecule has 0 saturated heterocycles. The summed E-state index contributed by atoms with van der Waals surface area (Å²) >= 11 is 0. The summed E-state index contributed by atoms with van der Waals surface area (Å²) in [6.45, 7) is 1.13. The third-order valence-electron chi connectivity index (χ3n) is 3.65. The Morgan fingerprint density at radius 1 is 1.33 bits per heavy atom. The second kappa shape index (κ2) is 3.24. The lowest BCUT2D eigenvalue weighted by atomic mass is 9.95. The van der Waals surface area contributed by atoms with Gasteiger partial charge < -0.3 is 9.84 Å². The van der Waals surface area contributed by atoms with Crippen LogP contribution in [0.4, 0.5) is 0 Å². The maximum absolute atomic E-state index is 9.33. The highest BCUT2D eigenvalue weighted by Gasteiger charge is 2.42. The highest BCUT2D eigenvalue weighted by molar-refractivity contribution is 5.44. The van der Waals surface area contributed by atoms with Crippen LogP contribution in [-0.2, 0) is 12.8 Å². The molecule has 15 heavy (non-hydrogen) atoms. The van der Waals surface area contributed by atoms with Crippen molar-refractivity contribution in [1.82, 2.24) is 0 Å². The first-order valence-corrected chi connectivity index (χ1v) is 5.67. The van der Waals surface area contributed by atoms with E-state index in [1.165, 1.54) is 11.1 Å². The van der Waals surface area contributed by atoms with Crippen LogP contribution in [0.1, 0.15) is 24.0 Å². The summed E-state index contributed by atoms with van der Waals surface area (Å²) in [6.07, 6.45) is 4.34. The Balaban J connectivity index is 1.89. The number of rotatable bonds is 3. The fraction of sp³-hybridized carbons (Fsp3) is 0.538. The number of ether oxygens (including phenoxy) is 1. The van der Waals surface area contributed by atoms with Crippen LogP contribution in [-0.4, -0.2) is 18.3 Å². The van der Waals surface area contributed by atoms with Gasteiger partial charge in [0, 0.05) is 13.0 Å². The average Bonchev–Trinajstić information content (AvgIpc) is 2.87. The number of aliphatic hydroxyl groups excluding tert-OH is 1. The topological polar surface area (TPSA) is 29.5 Å². The first-order valence-electron chi connectivity index (χ1n) is 5.67. The molecule has 2 aliphatic rings. The molecule has 1 heterocycles. The second-order valence-electron chi connectivity index (χ2n) is 4.84. The van der Waals surface area contributed by atoms with Gasteiger partial charge in [0.05, 0.1) is 6.61 Å². The van der Waals surface area contributed by atoms with Crippen LogP contribution in [0, 0.1) is 5.41 Å². The standard InChI is InChI=1S/C13H16O2/c14-9-13(5-6-13)8-11-3-1-2-10-4-7-15-12(10)11/h1-3,14H,4-9H2. The minimum atomic E-state index is 0.182. The van der Waals surface area contributed by atoms with Crippen molar-refractivity contribution < 1.29 is 9.84 Å². The quantitative estimate of drug-likeness (QED) is 0.815. The average molecular weight is 204 g/mol. The molecular weight excluding hydrogens is 188 g/mol. The zero-order chi connectivity index (χ0) is 10.3. The summed E-state index contributed by atoms with van der Waals surface area (Å²) in [5.41, 5.74) is 2.80. The van der Waals surface area contributed by atoms with E-state index in [4.69, 9.17) is 4.74 Å². The van der Waals surface area contributed by atoms with E-state index in [9.17, 15) is 5.11 Å². The predicted octanol–water partition coefficient (Wildman–Crippen LogP) is 1.94. The number of fused-ring (bicyclic) bond motifs is 1. The lowest BCUT2D eigenvalue weighted by Crippen LogP contribution is -2.10. The SMILES string of the molecule is OCC1(Cc2cccc3c2OCC3)CC1. The summed E-state index contributed by atoms with van der Waals surface area (Å²) < 4.78 is 5.67. The maximum atomic E-state index is 9.33. The van der Waals surface area contributed by atoms with Gasteiger partial charge in [0.25, 0.3) is 0 Å². The molecule has 0 amide bonds. The van der Waals surface area contributed by atoms with Crippen molar-refractivity contribution in [2.45, 2.75) is 25.7 Å². The molecule has 1 saturated carbocycles. The van der Waals surface area contributed by atoms with Gasteiger partial charge in [-0.05, 0) is 35.8 Å². The van der Waals surface area contributed by atoms with Gasteiger partial charge in [0.15, 0.2) is 0 Å². The smallest absolute Gasteiger partial charge is 0.125 e. The highest BCUT2D eigenvalue weighted by atomic mass is 16.5.